The van der Waals surface area contributed by atoms with Gasteiger partial charge in [0.1, 0.15) is 0 Å². The second-order valence-electron chi connectivity index (χ2n) is 5.67. The summed E-state index contributed by atoms with van der Waals surface area (Å²) >= 11 is 0. The fraction of sp³-hybridized carbons (Fsp3) is 0.588. The van der Waals surface area contributed by atoms with Crippen molar-refractivity contribution in [2.75, 3.05) is 18.4 Å². The number of nitrogens with one attached hydrogen (secondary N) is 2. The van der Waals surface area contributed by atoms with Crippen LogP contribution in [0.1, 0.15) is 44.7 Å². The summed E-state index contributed by atoms with van der Waals surface area (Å²) in [5.41, 5.74) is 3.74. The van der Waals surface area contributed by atoms with Crippen molar-refractivity contribution in [3.63, 3.8) is 0 Å². The molecule has 3 nitrogen and oxygen atoms in total. The van der Waals surface area contributed by atoms with Crippen molar-refractivity contribution >= 4 is 11.6 Å². The molecule has 0 atom stereocenters. The van der Waals surface area contributed by atoms with E-state index in [2.05, 4.69) is 56.5 Å². The zero-order valence-electron chi connectivity index (χ0n) is 13.3. The van der Waals surface area contributed by atoms with E-state index in [1.54, 1.807) is 0 Å². The molecule has 1 aromatic carbocycles. The van der Waals surface area contributed by atoms with Crippen molar-refractivity contribution < 1.29 is 4.79 Å². The van der Waals surface area contributed by atoms with E-state index >= 15 is 0 Å². The molecule has 0 radical (unpaired) electrons. The first kappa shape index (κ1) is 16.5. The van der Waals surface area contributed by atoms with Crippen LogP contribution in [0.4, 0.5) is 5.69 Å². The van der Waals surface area contributed by atoms with Crippen molar-refractivity contribution in [1.82, 2.24) is 5.32 Å². The van der Waals surface area contributed by atoms with Gasteiger partial charge >= 0.3 is 0 Å². The van der Waals surface area contributed by atoms with Gasteiger partial charge in [-0.2, -0.15) is 0 Å². The first-order valence-electron chi connectivity index (χ1n) is 7.63. The molecule has 112 valence electrons. The number of amides is 1. The molecule has 0 unspecified atom stereocenters. The van der Waals surface area contributed by atoms with E-state index in [-0.39, 0.29) is 5.91 Å². The fourth-order valence-electron chi connectivity index (χ4n) is 2.17. The lowest BCUT2D eigenvalue weighted by Crippen LogP contribution is -2.27. The normalized spacial score (nSPS) is 10.7. The highest BCUT2D eigenvalue weighted by Gasteiger charge is 2.05. The fourth-order valence-corrected chi connectivity index (χ4v) is 2.17. The van der Waals surface area contributed by atoms with Crippen molar-refractivity contribution in [2.24, 2.45) is 5.92 Å². The maximum Gasteiger partial charge on any atom is 0.221 e. The molecule has 0 aliphatic carbocycles. The van der Waals surface area contributed by atoms with E-state index in [9.17, 15) is 4.79 Å². The lowest BCUT2D eigenvalue weighted by Gasteiger charge is -2.14. The standard InChI is InChI=1S/C17H28N2O/c1-5-15-8-6-7-14(4)17(15)19-12-10-16(20)18-11-9-13(2)3/h6-8,13,19H,5,9-12H2,1-4H3,(H,18,20). The maximum atomic E-state index is 11.7. The van der Waals surface area contributed by atoms with Crippen LogP contribution in [0, 0.1) is 12.8 Å². The van der Waals surface area contributed by atoms with E-state index in [1.165, 1.54) is 16.8 Å². The summed E-state index contributed by atoms with van der Waals surface area (Å²) in [4.78, 5) is 11.7. The van der Waals surface area contributed by atoms with Gasteiger partial charge < -0.3 is 10.6 Å². The van der Waals surface area contributed by atoms with E-state index in [0.717, 1.165) is 19.4 Å². The highest BCUT2D eigenvalue weighted by atomic mass is 16.1. The third-order valence-corrected chi connectivity index (χ3v) is 3.44. The molecule has 0 spiro atoms. The number of hydrogen-bond donors (Lipinski definition) is 2. The predicted octanol–water partition coefficient (Wildman–Crippen LogP) is 3.52. The van der Waals surface area contributed by atoms with Gasteiger partial charge in [0.05, 0.1) is 0 Å². The summed E-state index contributed by atoms with van der Waals surface area (Å²) in [6, 6.07) is 6.32. The number of carbonyl (C=O) groups is 1. The van der Waals surface area contributed by atoms with Crippen LogP contribution in [-0.2, 0) is 11.2 Å². The Balaban J connectivity index is 2.35. The Kier molecular flexibility index (Phi) is 7.13. The van der Waals surface area contributed by atoms with Crippen LogP contribution in [0.5, 0.6) is 0 Å². The number of hydrogen-bond acceptors (Lipinski definition) is 2. The van der Waals surface area contributed by atoms with Gasteiger partial charge in [-0.15, -0.1) is 0 Å². The minimum Gasteiger partial charge on any atom is -0.384 e. The molecular weight excluding hydrogens is 248 g/mol. The van der Waals surface area contributed by atoms with Crippen LogP contribution in [0.3, 0.4) is 0 Å². The Morgan fingerprint density at radius 1 is 1.25 bits per heavy atom. The lowest BCUT2D eigenvalue weighted by molar-refractivity contribution is -0.120. The molecule has 1 aromatic rings. The smallest absolute Gasteiger partial charge is 0.221 e. The molecule has 0 saturated carbocycles. The van der Waals surface area contributed by atoms with Crippen LogP contribution in [0.2, 0.25) is 0 Å². The highest BCUT2D eigenvalue weighted by molar-refractivity contribution is 5.76. The largest absolute Gasteiger partial charge is 0.384 e. The maximum absolute atomic E-state index is 11.7. The quantitative estimate of drug-likeness (QED) is 0.762. The summed E-state index contributed by atoms with van der Waals surface area (Å²) in [5.74, 6) is 0.761. The number of anilines is 1. The van der Waals surface area contributed by atoms with Gasteiger partial charge in [0, 0.05) is 25.2 Å². The first-order valence-corrected chi connectivity index (χ1v) is 7.63. The number of benzene rings is 1. The SMILES string of the molecule is CCc1cccc(C)c1NCCC(=O)NCCC(C)C. The van der Waals surface area contributed by atoms with Crippen molar-refractivity contribution in [3.05, 3.63) is 29.3 Å². The lowest BCUT2D eigenvalue weighted by atomic mass is 10.1. The van der Waals surface area contributed by atoms with E-state index in [1.807, 2.05) is 0 Å². The van der Waals surface area contributed by atoms with E-state index in [0.29, 0.717) is 18.9 Å². The molecule has 0 aromatic heterocycles. The molecule has 1 rings (SSSR count). The summed E-state index contributed by atoms with van der Waals surface area (Å²) in [7, 11) is 0. The molecule has 20 heavy (non-hydrogen) atoms. The Morgan fingerprint density at radius 2 is 2.00 bits per heavy atom. The average molecular weight is 276 g/mol. The molecule has 0 aliphatic rings. The van der Waals surface area contributed by atoms with Crippen LogP contribution < -0.4 is 10.6 Å². The van der Waals surface area contributed by atoms with Crippen molar-refractivity contribution in [2.45, 2.75) is 47.0 Å². The highest BCUT2D eigenvalue weighted by Crippen LogP contribution is 2.20. The molecule has 0 saturated heterocycles. The molecule has 0 aliphatic heterocycles. The van der Waals surface area contributed by atoms with Gasteiger partial charge in [0.15, 0.2) is 0 Å². The molecule has 0 fully saturated rings. The number of aryl methyl sites for hydroxylation is 2. The Labute approximate surface area is 123 Å². The topological polar surface area (TPSA) is 41.1 Å². The second-order valence-corrected chi connectivity index (χ2v) is 5.67. The average Bonchev–Trinajstić information content (AvgIpc) is 2.40. The third kappa shape index (κ3) is 5.64. The number of rotatable bonds is 8. The monoisotopic (exact) mass is 276 g/mol. The van der Waals surface area contributed by atoms with Crippen molar-refractivity contribution in [1.29, 1.82) is 0 Å². The minimum absolute atomic E-state index is 0.129. The molecular formula is C17H28N2O. The van der Waals surface area contributed by atoms with Gasteiger partial charge in [-0.25, -0.2) is 0 Å². The van der Waals surface area contributed by atoms with Crippen LogP contribution in [-0.4, -0.2) is 19.0 Å². The summed E-state index contributed by atoms with van der Waals surface area (Å²) in [6.45, 7) is 10.0. The van der Waals surface area contributed by atoms with Gasteiger partial charge in [-0.1, -0.05) is 39.0 Å². The predicted molar refractivity (Wildman–Crippen MR) is 86.1 cm³/mol. The van der Waals surface area contributed by atoms with Gasteiger partial charge in [-0.3, -0.25) is 4.79 Å². The van der Waals surface area contributed by atoms with Crippen LogP contribution in [0.25, 0.3) is 0 Å². The minimum atomic E-state index is 0.129. The third-order valence-electron chi connectivity index (χ3n) is 3.44. The Hall–Kier alpha value is -1.51. The summed E-state index contributed by atoms with van der Waals surface area (Å²) < 4.78 is 0. The van der Waals surface area contributed by atoms with Gasteiger partial charge in [0.25, 0.3) is 0 Å². The number of carbonyl (C=O) groups excluding carboxylic acids is 1. The Bertz CT molecular complexity index is 427. The molecule has 0 bridgehead atoms. The van der Waals surface area contributed by atoms with Gasteiger partial charge in [0.2, 0.25) is 5.91 Å². The molecule has 1 amide bonds. The van der Waals surface area contributed by atoms with Crippen LogP contribution in [0.15, 0.2) is 18.2 Å². The van der Waals surface area contributed by atoms with Gasteiger partial charge in [-0.05, 0) is 36.8 Å². The summed E-state index contributed by atoms with van der Waals surface area (Å²) in [5, 5.41) is 6.37. The van der Waals surface area contributed by atoms with Crippen LogP contribution >= 0.6 is 0 Å². The Morgan fingerprint density at radius 3 is 2.65 bits per heavy atom. The zero-order valence-corrected chi connectivity index (χ0v) is 13.3. The second kappa shape index (κ2) is 8.62. The van der Waals surface area contributed by atoms with Crippen molar-refractivity contribution in [3.8, 4) is 0 Å². The summed E-state index contributed by atoms with van der Waals surface area (Å²) in [6.07, 6.45) is 2.57. The van der Waals surface area contributed by atoms with E-state index < -0.39 is 0 Å². The van der Waals surface area contributed by atoms with E-state index in [4.69, 9.17) is 0 Å². The zero-order chi connectivity index (χ0) is 15.0. The number of para-hydroxylation sites is 1. The molecule has 3 heteroatoms. The molecule has 0 heterocycles. The first-order chi connectivity index (χ1) is 9.54. The molecule has 2 N–H and O–H groups in total.